The number of rotatable bonds is 1. The van der Waals surface area contributed by atoms with Crippen molar-refractivity contribution >= 4 is 16.8 Å². The first-order valence-electron chi connectivity index (χ1n) is 8.70. The van der Waals surface area contributed by atoms with E-state index in [-0.39, 0.29) is 5.91 Å². The average molecular weight is 328 g/mol. The Labute approximate surface area is 141 Å². The number of benzene rings is 1. The van der Waals surface area contributed by atoms with Crippen molar-refractivity contribution in [3.05, 3.63) is 35.0 Å². The number of nitrogens with zero attached hydrogens (tertiary/aromatic N) is 1. The Bertz CT molecular complexity index is 789. The molecule has 2 atom stereocenters. The quantitative estimate of drug-likeness (QED) is 0.845. The third kappa shape index (κ3) is 2.34. The van der Waals surface area contributed by atoms with Gasteiger partial charge in [-0.1, -0.05) is 0 Å². The molecule has 1 aromatic carbocycles. The SMILES string of the molecule is Cc1[nH]c2ccc(C(=O)N3CC[C@@]4(CCCO4)[C@@H](O)C3)cc2c1C. The number of aryl methyl sites for hydroxylation is 2. The molecule has 2 fully saturated rings. The first-order valence-corrected chi connectivity index (χ1v) is 8.70. The van der Waals surface area contributed by atoms with Gasteiger partial charge in [0.1, 0.15) is 6.10 Å². The van der Waals surface area contributed by atoms with Gasteiger partial charge in [0.25, 0.3) is 5.91 Å². The number of piperidine rings is 1. The van der Waals surface area contributed by atoms with Gasteiger partial charge < -0.3 is 19.7 Å². The first kappa shape index (κ1) is 15.7. The number of hydrogen-bond acceptors (Lipinski definition) is 3. The number of H-pyrrole nitrogens is 1. The van der Waals surface area contributed by atoms with Gasteiger partial charge in [0.2, 0.25) is 0 Å². The zero-order valence-corrected chi connectivity index (χ0v) is 14.3. The number of aliphatic hydroxyl groups excluding tert-OH is 1. The third-order valence-electron chi connectivity index (χ3n) is 5.78. The van der Waals surface area contributed by atoms with Crippen LogP contribution in [0.2, 0.25) is 0 Å². The van der Waals surface area contributed by atoms with Crippen molar-refractivity contribution in [1.29, 1.82) is 0 Å². The highest BCUT2D eigenvalue weighted by molar-refractivity contribution is 5.99. The molecule has 1 amide bonds. The third-order valence-corrected chi connectivity index (χ3v) is 5.78. The van der Waals surface area contributed by atoms with E-state index in [9.17, 15) is 9.90 Å². The van der Waals surface area contributed by atoms with Gasteiger partial charge in [-0.2, -0.15) is 0 Å². The van der Waals surface area contributed by atoms with Crippen LogP contribution in [0.15, 0.2) is 18.2 Å². The van der Waals surface area contributed by atoms with E-state index in [1.165, 1.54) is 5.56 Å². The number of likely N-dealkylation sites (tertiary alicyclic amines) is 1. The van der Waals surface area contributed by atoms with Crippen molar-refractivity contribution in [3.8, 4) is 0 Å². The topological polar surface area (TPSA) is 65.6 Å². The minimum Gasteiger partial charge on any atom is -0.388 e. The van der Waals surface area contributed by atoms with Crippen LogP contribution >= 0.6 is 0 Å². The molecule has 5 heteroatoms. The number of carbonyl (C=O) groups is 1. The van der Waals surface area contributed by atoms with Crippen LogP contribution in [0.1, 0.15) is 40.9 Å². The second-order valence-corrected chi connectivity index (χ2v) is 7.17. The molecule has 2 aromatic rings. The van der Waals surface area contributed by atoms with E-state index in [4.69, 9.17) is 4.74 Å². The van der Waals surface area contributed by atoms with Crippen LogP contribution in [0.4, 0.5) is 0 Å². The van der Waals surface area contributed by atoms with Crippen molar-refractivity contribution in [2.45, 2.75) is 44.8 Å². The molecule has 0 aliphatic carbocycles. The Morgan fingerprint density at radius 1 is 1.38 bits per heavy atom. The van der Waals surface area contributed by atoms with E-state index in [2.05, 4.69) is 11.9 Å². The summed E-state index contributed by atoms with van der Waals surface area (Å²) in [7, 11) is 0. The maximum atomic E-state index is 12.9. The Kier molecular flexibility index (Phi) is 3.66. The van der Waals surface area contributed by atoms with E-state index < -0.39 is 11.7 Å². The van der Waals surface area contributed by atoms with Gasteiger partial charge in [-0.3, -0.25) is 4.79 Å². The Morgan fingerprint density at radius 3 is 2.92 bits per heavy atom. The maximum Gasteiger partial charge on any atom is 0.253 e. The fraction of sp³-hybridized carbons (Fsp3) is 0.526. The van der Waals surface area contributed by atoms with Crippen molar-refractivity contribution in [2.75, 3.05) is 19.7 Å². The zero-order valence-electron chi connectivity index (χ0n) is 14.3. The van der Waals surface area contributed by atoms with Gasteiger partial charge >= 0.3 is 0 Å². The van der Waals surface area contributed by atoms with Crippen LogP contribution in [-0.4, -0.2) is 52.3 Å². The predicted octanol–water partition coefficient (Wildman–Crippen LogP) is 2.54. The Hall–Kier alpha value is -1.85. The van der Waals surface area contributed by atoms with Crippen molar-refractivity contribution in [1.82, 2.24) is 9.88 Å². The minimum absolute atomic E-state index is 0.0120. The number of ether oxygens (including phenoxy) is 1. The van der Waals surface area contributed by atoms with E-state index >= 15 is 0 Å². The smallest absolute Gasteiger partial charge is 0.253 e. The van der Waals surface area contributed by atoms with E-state index in [1.54, 1.807) is 4.90 Å². The number of amides is 1. The summed E-state index contributed by atoms with van der Waals surface area (Å²) in [6.45, 7) is 5.81. The number of nitrogens with one attached hydrogen (secondary N) is 1. The van der Waals surface area contributed by atoms with Gasteiger partial charge in [-0.25, -0.2) is 0 Å². The van der Waals surface area contributed by atoms with Crippen LogP contribution in [0.3, 0.4) is 0 Å². The summed E-state index contributed by atoms with van der Waals surface area (Å²) in [5.74, 6) is -0.0120. The molecule has 2 N–H and O–H groups in total. The average Bonchev–Trinajstić information content (AvgIpc) is 3.16. The fourth-order valence-electron chi connectivity index (χ4n) is 4.10. The van der Waals surface area contributed by atoms with Crippen LogP contribution < -0.4 is 0 Å². The van der Waals surface area contributed by atoms with E-state index in [0.717, 1.165) is 29.4 Å². The molecule has 0 bridgehead atoms. The number of fused-ring (bicyclic) bond motifs is 1. The lowest BCUT2D eigenvalue weighted by Gasteiger charge is -2.42. The number of hydrogen-bond donors (Lipinski definition) is 2. The molecule has 3 heterocycles. The maximum absolute atomic E-state index is 12.9. The summed E-state index contributed by atoms with van der Waals surface area (Å²) in [5, 5.41) is 11.6. The summed E-state index contributed by atoms with van der Waals surface area (Å²) in [6.07, 6.45) is 2.00. The van der Waals surface area contributed by atoms with E-state index in [1.807, 2.05) is 25.1 Å². The minimum atomic E-state index is -0.599. The van der Waals surface area contributed by atoms with Crippen LogP contribution in [0.5, 0.6) is 0 Å². The number of carbonyl (C=O) groups excluding carboxylic acids is 1. The summed E-state index contributed by atoms with van der Waals surface area (Å²) < 4.78 is 5.81. The van der Waals surface area contributed by atoms with Crippen molar-refractivity contribution in [3.63, 3.8) is 0 Å². The van der Waals surface area contributed by atoms with Crippen LogP contribution in [0, 0.1) is 13.8 Å². The Morgan fingerprint density at radius 2 is 2.21 bits per heavy atom. The first-order chi connectivity index (χ1) is 11.5. The lowest BCUT2D eigenvalue weighted by atomic mass is 9.86. The molecule has 1 aromatic heterocycles. The molecule has 24 heavy (non-hydrogen) atoms. The normalized spacial score (nSPS) is 27.3. The van der Waals surface area contributed by atoms with Gasteiger partial charge in [-0.05, 0) is 56.9 Å². The molecule has 5 nitrogen and oxygen atoms in total. The van der Waals surface area contributed by atoms with E-state index in [0.29, 0.717) is 31.7 Å². The zero-order chi connectivity index (χ0) is 16.9. The Balaban J connectivity index is 1.57. The molecule has 128 valence electrons. The molecule has 0 radical (unpaired) electrons. The predicted molar refractivity (Wildman–Crippen MR) is 92.2 cm³/mol. The lowest BCUT2D eigenvalue weighted by molar-refractivity contribution is -0.122. The molecule has 2 aliphatic rings. The second kappa shape index (κ2) is 5.60. The summed E-state index contributed by atoms with van der Waals surface area (Å²) in [4.78, 5) is 18.0. The molecule has 0 saturated carbocycles. The monoisotopic (exact) mass is 328 g/mol. The van der Waals surface area contributed by atoms with Gasteiger partial charge in [0, 0.05) is 41.9 Å². The summed E-state index contributed by atoms with van der Waals surface area (Å²) >= 11 is 0. The second-order valence-electron chi connectivity index (χ2n) is 7.17. The molecular formula is C19H24N2O3. The molecule has 1 spiro atoms. The van der Waals surface area contributed by atoms with Crippen molar-refractivity contribution < 1.29 is 14.6 Å². The molecule has 0 unspecified atom stereocenters. The van der Waals surface area contributed by atoms with Gasteiger partial charge in [0.15, 0.2) is 0 Å². The number of aromatic amines is 1. The molecule has 2 aliphatic heterocycles. The number of β-amino-alcohol motifs (C(OH)–C–C–N with tert-alkyl or cyclic N) is 1. The van der Waals surface area contributed by atoms with Crippen LogP contribution in [-0.2, 0) is 4.74 Å². The highest BCUT2D eigenvalue weighted by Gasteiger charge is 2.46. The number of aromatic nitrogens is 1. The lowest BCUT2D eigenvalue weighted by Crippen LogP contribution is -2.56. The standard InChI is InChI=1S/C19H24N2O3/c1-12-13(2)20-16-5-4-14(10-15(12)16)18(23)21-8-7-19(17(22)11-21)6-3-9-24-19/h4-5,10,17,20,22H,3,6-9,11H2,1-2H3/t17-,19-/m0/s1. The molecular weight excluding hydrogens is 304 g/mol. The number of aliphatic hydroxyl groups is 1. The van der Waals surface area contributed by atoms with Gasteiger partial charge in [0.05, 0.1) is 5.60 Å². The largest absolute Gasteiger partial charge is 0.388 e. The molecule has 4 rings (SSSR count). The summed E-state index contributed by atoms with van der Waals surface area (Å²) in [5.41, 5.74) is 3.62. The fourth-order valence-corrected chi connectivity index (χ4v) is 4.10. The summed E-state index contributed by atoms with van der Waals surface area (Å²) in [6, 6.07) is 5.78. The van der Waals surface area contributed by atoms with Crippen LogP contribution in [0.25, 0.3) is 10.9 Å². The highest BCUT2D eigenvalue weighted by atomic mass is 16.5. The van der Waals surface area contributed by atoms with Crippen molar-refractivity contribution in [2.24, 2.45) is 0 Å². The van der Waals surface area contributed by atoms with Gasteiger partial charge in [-0.15, -0.1) is 0 Å². The molecule has 2 saturated heterocycles. The highest BCUT2D eigenvalue weighted by Crippen LogP contribution is 2.36.